The summed E-state index contributed by atoms with van der Waals surface area (Å²) >= 11 is 0. The van der Waals surface area contributed by atoms with Gasteiger partial charge in [-0.3, -0.25) is 14.9 Å². The molecule has 1 aliphatic rings. The number of rotatable bonds is 2. The zero-order valence-corrected chi connectivity index (χ0v) is 10.3. The minimum Gasteiger partial charge on any atom is -0.377 e. The Morgan fingerprint density at radius 3 is 2.95 bits per heavy atom. The lowest BCUT2D eigenvalue weighted by atomic mass is 10.1. The number of nitrogens with zero attached hydrogens (tertiary/aromatic N) is 2. The number of benzene rings is 1. The molecule has 1 heterocycles. The van der Waals surface area contributed by atoms with Crippen molar-refractivity contribution in [3.05, 3.63) is 39.7 Å². The lowest BCUT2D eigenvalue weighted by Gasteiger charge is -2.33. The van der Waals surface area contributed by atoms with Gasteiger partial charge in [0.1, 0.15) is 11.4 Å². The van der Waals surface area contributed by atoms with E-state index in [2.05, 4.69) is 0 Å². The highest BCUT2D eigenvalue weighted by molar-refractivity contribution is 5.98. The summed E-state index contributed by atoms with van der Waals surface area (Å²) in [6, 6.07) is 2.69. The van der Waals surface area contributed by atoms with Crippen molar-refractivity contribution in [2.75, 3.05) is 19.8 Å². The van der Waals surface area contributed by atoms with E-state index in [4.69, 9.17) is 4.74 Å². The van der Waals surface area contributed by atoms with Crippen LogP contribution in [-0.4, -0.2) is 41.5 Å². The highest BCUT2D eigenvalue weighted by Crippen LogP contribution is 2.23. The molecule has 1 fully saturated rings. The molecule has 1 aromatic rings. The van der Waals surface area contributed by atoms with Crippen LogP contribution in [0.1, 0.15) is 17.3 Å². The first-order chi connectivity index (χ1) is 9.00. The van der Waals surface area contributed by atoms with Gasteiger partial charge in [-0.1, -0.05) is 0 Å². The van der Waals surface area contributed by atoms with Crippen molar-refractivity contribution in [2.45, 2.75) is 13.0 Å². The van der Waals surface area contributed by atoms with Crippen molar-refractivity contribution in [1.82, 2.24) is 4.90 Å². The van der Waals surface area contributed by atoms with Gasteiger partial charge in [0.25, 0.3) is 11.6 Å². The molecule has 0 radical (unpaired) electrons. The summed E-state index contributed by atoms with van der Waals surface area (Å²) in [5, 5.41) is 10.9. The second kappa shape index (κ2) is 5.31. The first-order valence-corrected chi connectivity index (χ1v) is 5.83. The minimum absolute atomic E-state index is 0.191. The number of nitro groups is 1. The summed E-state index contributed by atoms with van der Waals surface area (Å²) in [5.41, 5.74) is -0.608. The Labute approximate surface area is 108 Å². The quantitative estimate of drug-likeness (QED) is 0.603. The Hall–Kier alpha value is -2.02. The van der Waals surface area contributed by atoms with E-state index < -0.39 is 16.6 Å². The largest absolute Gasteiger partial charge is 0.377 e. The van der Waals surface area contributed by atoms with E-state index in [-0.39, 0.29) is 17.3 Å². The molecule has 6 nitrogen and oxygen atoms in total. The standard InChI is InChI=1S/C12H13FN2O4/c1-8-7-19-5-4-14(8)12(16)10-6-9(13)2-3-11(10)15(17)18/h2-3,6,8H,4-5,7H2,1H3. The molecule has 1 atom stereocenters. The van der Waals surface area contributed by atoms with Crippen molar-refractivity contribution < 1.29 is 18.8 Å². The third kappa shape index (κ3) is 2.70. The van der Waals surface area contributed by atoms with Crippen LogP contribution < -0.4 is 0 Å². The van der Waals surface area contributed by atoms with Gasteiger partial charge in [0.05, 0.1) is 24.2 Å². The van der Waals surface area contributed by atoms with E-state index >= 15 is 0 Å². The van der Waals surface area contributed by atoms with Crippen LogP contribution in [0, 0.1) is 15.9 Å². The summed E-state index contributed by atoms with van der Waals surface area (Å²) in [7, 11) is 0. The van der Waals surface area contributed by atoms with Crippen LogP contribution in [0.5, 0.6) is 0 Å². The van der Waals surface area contributed by atoms with Crippen molar-refractivity contribution in [3.8, 4) is 0 Å². The fourth-order valence-electron chi connectivity index (χ4n) is 2.02. The maximum absolute atomic E-state index is 13.2. The number of morpholine rings is 1. The Morgan fingerprint density at radius 2 is 2.32 bits per heavy atom. The van der Waals surface area contributed by atoms with Crippen molar-refractivity contribution >= 4 is 11.6 Å². The van der Waals surface area contributed by atoms with Gasteiger partial charge in [-0.15, -0.1) is 0 Å². The molecule has 1 saturated heterocycles. The maximum Gasteiger partial charge on any atom is 0.282 e. The molecular weight excluding hydrogens is 255 g/mol. The molecule has 0 spiro atoms. The monoisotopic (exact) mass is 268 g/mol. The van der Waals surface area contributed by atoms with E-state index in [9.17, 15) is 19.3 Å². The number of amides is 1. The van der Waals surface area contributed by atoms with Crippen LogP contribution in [0.2, 0.25) is 0 Å². The van der Waals surface area contributed by atoms with Crippen LogP contribution in [0.4, 0.5) is 10.1 Å². The first-order valence-electron chi connectivity index (χ1n) is 5.83. The molecule has 19 heavy (non-hydrogen) atoms. The van der Waals surface area contributed by atoms with Gasteiger partial charge < -0.3 is 9.64 Å². The molecule has 1 amide bonds. The van der Waals surface area contributed by atoms with Crippen molar-refractivity contribution in [3.63, 3.8) is 0 Å². The fraction of sp³-hybridized carbons (Fsp3) is 0.417. The molecular formula is C12H13FN2O4. The molecule has 0 N–H and O–H groups in total. The Kier molecular flexibility index (Phi) is 3.75. The fourth-order valence-corrected chi connectivity index (χ4v) is 2.02. The van der Waals surface area contributed by atoms with Crippen LogP contribution in [0.15, 0.2) is 18.2 Å². The number of halogens is 1. The molecule has 0 aliphatic carbocycles. The molecule has 2 rings (SSSR count). The lowest BCUT2D eigenvalue weighted by Crippen LogP contribution is -2.47. The molecule has 0 saturated carbocycles. The van der Waals surface area contributed by atoms with Crippen LogP contribution >= 0.6 is 0 Å². The maximum atomic E-state index is 13.2. The van der Waals surface area contributed by atoms with Crippen molar-refractivity contribution in [1.29, 1.82) is 0 Å². The molecule has 1 aromatic carbocycles. The number of carbonyl (C=O) groups is 1. The predicted molar refractivity (Wildman–Crippen MR) is 64.4 cm³/mol. The van der Waals surface area contributed by atoms with E-state index in [1.165, 1.54) is 4.90 Å². The van der Waals surface area contributed by atoms with E-state index in [1.807, 2.05) is 0 Å². The van der Waals surface area contributed by atoms with Gasteiger partial charge in [0.15, 0.2) is 0 Å². The third-order valence-corrected chi connectivity index (χ3v) is 3.01. The summed E-state index contributed by atoms with van der Waals surface area (Å²) in [4.78, 5) is 24.0. The van der Waals surface area contributed by atoms with Gasteiger partial charge in [0, 0.05) is 12.6 Å². The smallest absolute Gasteiger partial charge is 0.282 e. The molecule has 0 aromatic heterocycles. The first kappa shape index (κ1) is 13.4. The van der Waals surface area contributed by atoms with E-state index in [1.54, 1.807) is 6.92 Å². The normalized spacial score (nSPS) is 19.3. The Morgan fingerprint density at radius 1 is 1.58 bits per heavy atom. The van der Waals surface area contributed by atoms with Gasteiger partial charge in [-0.25, -0.2) is 4.39 Å². The average Bonchev–Trinajstić information content (AvgIpc) is 2.38. The van der Waals surface area contributed by atoms with Gasteiger partial charge in [0.2, 0.25) is 0 Å². The van der Waals surface area contributed by atoms with Gasteiger partial charge in [-0.05, 0) is 19.1 Å². The second-order valence-electron chi connectivity index (χ2n) is 4.34. The van der Waals surface area contributed by atoms with Crippen LogP contribution in [0.25, 0.3) is 0 Å². The number of hydrogen-bond donors (Lipinski definition) is 0. The van der Waals surface area contributed by atoms with Crippen LogP contribution in [-0.2, 0) is 4.74 Å². The zero-order valence-electron chi connectivity index (χ0n) is 10.3. The molecule has 1 aliphatic heterocycles. The molecule has 1 unspecified atom stereocenters. The number of ether oxygens (including phenoxy) is 1. The Bertz CT molecular complexity index is 520. The zero-order chi connectivity index (χ0) is 14.0. The topological polar surface area (TPSA) is 72.7 Å². The highest BCUT2D eigenvalue weighted by Gasteiger charge is 2.29. The van der Waals surface area contributed by atoms with E-state index in [0.717, 1.165) is 18.2 Å². The van der Waals surface area contributed by atoms with Crippen molar-refractivity contribution in [2.24, 2.45) is 0 Å². The summed E-state index contributed by atoms with van der Waals surface area (Å²) < 4.78 is 18.4. The summed E-state index contributed by atoms with van der Waals surface area (Å²) in [6.45, 7) is 2.86. The molecule has 0 bridgehead atoms. The van der Waals surface area contributed by atoms with E-state index in [0.29, 0.717) is 19.8 Å². The summed E-state index contributed by atoms with van der Waals surface area (Å²) in [5.74, 6) is -1.21. The summed E-state index contributed by atoms with van der Waals surface area (Å²) in [6.07, 6.45) is 0. The average molecular weight is 268 g/mol. The number of hydrogen-bond acceptors (Lipinski definition) is 4. The second-order valence-corrected chi connectivity index (χ2v) is 4.34. The number of nitro benzene ring substituents is 1. The Balaban J connectivity index is 2.37. The van der Waals surface area contributed by atoms with Gasteiger partial charge >= 0.3 is 0 Å². The predicted octanol–water partition coefficient (Wildman–Crippen LogP) is 1.59. The molecule has 7 heteroatoms. The minimum atomic E-state index is -0.683. The molecule has 102 valence electrons. The van der Waals surface area contributed by atoms with Gasteiger partial charge in [-0.2, -0.15) is 0 Å². The third-order valence-electron chi connectivity index (χ3n) is 3.01. The number of carbonyl (C=O) groups excluding carboxylic acids is 1. The van der Waals surface area contributed by atoms with Crippen LogP contribution in [0.3, 0.4) is 0 Å². The highest BCUT2D eigenvalue weighted by atomic mass is 19.1. The lowest BCUT2D eigenvalue weighted by molar-refractivity contribution is -0.385. The SMILES string of the molecule is CC1COCCN1C(=O)c1cc(F)ccc1[N+](=O)[O-].